The number of nitrogens with zero attached hydrogens (tertiary/aromatic N) is 1. The van der Waals surface area contributed by atoms with E-state index in [0.717, 1.165) is 12.1 Å². The Bertz CT molecular complexity index is 709. The van der Waals surface area contributed by atoms with Gasteiger partial charge in [-0.1, -0.05) is 36.4 Å². The van der Waals surface area contributed by atoms with E-state index in [1.165, 1.54) is 31.5 Å². The van der Waals surface area contributed by atoms with Gasteiger partial charge in [-0.2, -0.15) is 0 Å². The van der Waals surface area contributed by atoms with Crippen LogP contribution in [0.1, 0.15) is 24.0 Å². The van der Waals surface area contributed by atoms with Crippen LogP contribution >= 0.6 is 0 Å². The van der Waals surface area contributed by atoms with Gasteiger partial charge in [0.2, 0.25) is 0 Å². The standard InChI is InChI=1S/C21H26N2O3/c1-25-19-6-2-3-7-20(19)26-16-21(24)22-14-17-8-10-18(11-9-17)15-23-12-4-5-13-23/h2-3,6-11H,4-5,12-16H2,1H3,(H,22,24). The van der Waals surface area contributed by atoms with Gasteiger partial charge >= 0.3 is 0 Å². The number of benzene rings is 2. The van der Waals surface area contributed by atoms with Crippen molar-refractivity contribution in [2.45, 2.75) is 25.9 Å². The van der Waals surface area contributed by atoms with Gasteiger partial charge < -0.3 is 14.8 Å². The number of carbonyl (C=O) groups excluding carboxylic acids is 1. The van der Waals surface area contributed by atoms with Crippen LogP contribution in [0.25, 0.3) is 0 Å². The summed E-state index contributed by atoms with van der Waals surface area (Å²) in [6.07, 6.45) is 2.61. The van der Waals surface area contributed by atoms with E-state index in [4.69, 9.17) is 9.47 Å². The molecule has 0 bridgehead atoms. The lowest BCUT2D eigenvalue weighted by molar-refractivity contribution is -0.123. The summed E-state index contributed by atoms with van der Waals surface area (Å²) in [5.74, 6) is 1.03. The first-order valence-corrected chi connectivity index (χ1v) is 9.07. The van der Waals surface area contributed by atoms with Crippen molar-refractivity contribution in [3.05, 3.63) is 59.7 Å². The Morgan fingerprint density at radius 2 is 1.65 bits per heavy atom. The fourth-order valence-electron chi connectivity index (χ4n) is 3.09. The molecule has 0 spiro atoms. The number of likely N-dealkylation sites (tertiary alicyclic amines) is 1. The molecule has 0 saturated carbocycles. The van der Waals surface area contributed by atoms with Crippen molar-refractivity contribution in [1.29, 1.82) is 0 Å². The molecule has 1 saturated heterocycles. The summed E-state index contributed by atoms with van der Waals surface area (Å²) in [5, 5.41) is 2.88. The van der Waals surface area contributed by atoms with Gasteiger partial charge in [0.05, 0.1) is 7.11 Å². The monoisotopic (exact) mass is 354 g/mol. The first kappa shape index (κ1) is 18.3. The quantitative estimate of drug-likeness (QED) is 0.792. The molecule has 1 N–H and O–H groups in total. The van der Waals surface area contributed by atoms with E-state index in [1.807, 2.05) is 12.1 Å². The zero-order valence-corrected chi connectivity index (χ0v) is 15.2. The molecule has 2 aromatic carbocycles. The van der Waals surface area contributed by atoms with Crippen LogP contribution in [0.15, 0.2) is 48.5 Å². The molecule has 1 heterocycles. The molecule has 1 fully saturated rings. The molecule has 0 atom stereocenters. The minimum absolute atomic E-state index is 0.0343. The Morgan fingerprint density at radius 3 is 2.35 bits per heavy atom. The van der Waals surface area contributed by atoms with Gasteiger partial charge in [-0.3, -0.25) is 9.69 Å². The summed E-state index contributed by atoms with van der Waals surface area (Å²) in [5.41, 5.74) is 2.40. The fraction of sp³-hybridized carbons (Fsp3) is 0.381. The van der Waals surface area contributed by atoms with Gasteiger partial charge in [0.15, 0.2) is 18.1 Å². The van der Waals surface area contributed by atoms with Crippen LogP contribution in [0.2, 0.25) is 0 Å². The van der Waals surface area contributed by atoms with Crippen molar-refractivity contribution < 1.29 is 14.3 Å². The predicted octanol–water partition coefficient (Wildman–Crippen LogP) is 2.99. The van der Waals surface area contributed by atoms with Gasteiger partial charge in [-0.05, 0) is 49.2 Å². The van der Waals surface area contributed by atoms with Crippen LogP contribution in [0.3, 0.4) is 0 Å². The van der Waals surface area contributed by atoms with Crippen LogP contribution < -0.4 is 14.8 Å². The number of ether oxygens (including phenoxy) is 2. The lowest BCUT2D eigenvalue weighted by Gasteiger charge is -2.14. The Labute approximate surface area is 154 Å². The molecular formula is C21H26N2O3. The molecule has 1 amide bonds. The number of nitrogens with one attached hydrogen (secondary N) is 1. The number of para-hydroxylation sites is 2. The summed E-state index contributed by atoms with van der Waals surface area (Å²) in [6, 6.07) is 15.7. The molecule has 26 heavy (non-hydrogen) atoms. The molecule has 5 heteroatoms. The number of hydrogen-bond acceptors (Lipinski definition) is 4. The zero-order valence-electron chi connectivity index (χ0n) is 15.2. The van der Waals surface area contributed by atoms with Crippen molar-refractivity contribution in [2.75, 3.05) is 26.8 Å². The molecule has 3 rings (SSSR count). The summed E-state index contributed by atoms with van der Waals surface area (Å²) >= 11 is 0. The first-order valence-electron chi connectivity index (χ1n) is 9.07. The van der Waals surface area contributed by atoms with Crippen molar-refractivity contribution >= 4 is 5.91 Å². The average Bonchev–Trinajstić information content (AvgIpc) is 3.19. The second-order valence-corrected chi connectivity index (χ2v) is 6.52. The third-order valence-electron chi connectivity index (χ3n) is 4.55. The lowest BCUT2D eigenvalue weighted by atomic mass is 10.1. The maximum atomic E-state index is 12.0. The fourth-order valence-corrected chi connectivity index (χ4v) is 3.09. The Hall–Kier alpha value is -2.53. The molecular weight excluding hydrogens is 328 g/mol. The van der Waals surface area contributed by atoms with Gasteiger partial charge in [-0.25, -0.2) is 0 Å². The first-order chi connectivity index (χ1) is 12.7. The van der Waals surface area contributed by atoms with Gasteiger partial charge in [-0.15, -0.1) is 0 Å². The highest BCUT2D eigenvalue weighted by Crippen LogP contribution is 2.25. The maximum absolute atomic E-state index is 12.0. The van der Waals surface area contributed by atoms with Crippen molar-refractivity contribution in [2.24, 2.45) is 0 Å². The minimum atomic E-state index is -0.156. The molecule has 1 aliphatic rings. The number of amides is 1. The van der Waals surface area contributed by atoms with Crippen LogP contribution in [0.5, 0.6) is 11.5 Å². The van der Waals surface area contributed by atoms with Gasteiger partial charge in [0.1, 0.15) is 0 Å². The van der Waals surface area contributed by atoms with Crippen LogP contribution in [-0.2, 0) is 17.9 Å². The molecule has 0 unspecified atom stereocenters. The van der Waals surface area contributed by atoms with E-state index in [9.17, 15) is 4.79 Å². The number of methoxy groups -OCH3 is 1. The summed E-state index contributed by atoms with van der Waals surface area (Å²) < 4.78 is 10.7. The van der Waals surface area contributed by atoms with Crippen molar-refractivity contribution in [3.8, 4) is 11.5 Å². The maximum Gasteiger partial charge on any atom is 0.258 e. The smallest absolute Gasteiger partial charge is 0.258 e. The second kappa shape index (κ2) is 9.25. The number of hydrogen-bond donors (Lipinski definition) is 1. The highest BCUT2D eigenvalue weighted by Gasteiger charge is 2.11. The van der Waals surface area contributed by atoms with E-state index in [-0.39, 0.29) is 12.5 Å². The molecule has 1 aliphatic heterocycles. The Morgan fingerprint density at radius 1 is 1.00 bits per heavy atom. The van der Waals surface area contributed by atoms with E-state index in [1.54, 1.807) is 19.2 Å². The Kier molecular flexibility index (Phi) is 6.50. The number of carbonyl (C=O) groups is 1. The predicted molar refractivity (Wildman–Crippen MR) is 101 cm³/mol. The molecule has 0 radical (unpaired) electrons. The van der Waals surface area contributed by atoms with E-state index in [2.05, 4.69) is 34.5 Å². The average molecular weight is 354 g/mol. The summed E-state index contributed by atoms with van der Waals surface area (Å²) in [6.45, 7) is 3.87. The lowest BCUT2D eigenvalue weighted by Crippen LogP contribution is -2.28. The highest BCUT2D eigenvalue weighted by molar-refractivity contribution is 5.77. The summed E-state index contributed by atoms with van der Waals surface area (Å²) in [7, 11) is 1.58. The van der Waals surface area contributed by atoms with Gasteiger partial charge in [0.25, 0.3) is 5.91 Å². The third kappa shape index (κ3) is 5.23. The Balaban J connectivity index is 1.42. The summed E-state index contributed by atoms with van der Waals surface area (Å²) in [4.78, 5) is 14.5. The van der Waals surface area contributed by atoms with E-state index in [0.29, 0.717) is 18.0 Å². The zero-order chi connectivity index (χ0) is 18.2. The molecule has 0 aliphatic carbocycles. The van der Waals surface area contributed by atoms with E-state index >= 15 is 0 Å². The SMILES string of the molecule is COc1ccccc1OCC(=O)NCc1ccc(CN2CCCC2)cc1. The minimum Gasteiger partial charge on any atom is -0.493 e. The topological polar surface area (TPSA) is 50.8 Å². The molecule has 0 aromatic heterocycles. The van der Waals surface area contributed by atoms with Crippen molar-refractivity contribution in [3.63, 3.8) is 0 Å². The van der Waals surface area contributed by atoms with Crippen LogP contribution in [-0.4, -0.2) is 37.6 Å². The van der Waals surface area contributed by atoms with Crippen molar-refractivity contribution in [1.82, 2.24) is 10.2 Å². The largest absolute Gasteiger partial charge is 0.493 e. The van der Waals surface area contributed by atoms with E-state index < -0.39 is 0 Å². The molecule has 2 aromatic rings. The molecule has 138 valence electrons. The van der Waals surface area contributed by atoms with Gasteiger partial charge in [0, 0.05) is 13.1 Å². The van der Waals surface area contributed by atoms with Crippen LogP contribution in [0.4, 0.5) is 0 Å². The third-order valence-corrected chi connectivity index (χ3v) is 4.55. The normalized spacial score (nSPS) is 14.2. The second-order valence-electron chi connectivity index (χ2n) is 6.52. The van der Waals surface area contributed by atoms with Crippen LogP contribution in [0, 0.1) is 0 Å². The highest BCUT2D eigenvalue weighted by atomic mass is 16.5. The number of rotatable bonds is 8. The molecule has 5 nitrogen and oxygen atoms in total.